The van der Waals surface area contributed by atoms with Gasteiger partial charge in [0, 0.05) is 5.56 Å². The summed E-state index contributed by atoms with van der Waals surface area (Å²) in [6.07, 6.45) is 1.77. The summed E-state index contributed by atoms with van der Waals surface area (Å²) in [5.74, 6) is 2.52. The van der Waals surface area contributed by atoms with E-state index in [0.29, 0.717) is 29.6 Å². The van der Waals surface area contributed by atoms with Crippen LogP contribution in [0.2, 0.25) is 0 Å². The van der Waals surface area contributed by atoms with Crippen LogP contribution in [0.15, 0.2) is 77.4 Å². The van der Waals surface area contributed by atoms with Crippen molar-refractivity contribution in [2.75, 3.05) is 18.3 Å². The molecule has 0 radical (unpaired) electrons. The van der Waals surface area contributed by atoms with E-state index in [2.05, 4.69) is 0 Å². The summed E-state index contributed by atoms with van der Waals surface area (Å²) >= 11 is 0. The summed E-state index contributed by atoms with van der Waals surface area (Å²) in [4.78, 5) is 19.9. The van der Waals surface area contributed by atoms with Crippen molar-refractivity contribution in [1.82, 2.24) is 0 Å². The molecule has 3 aromatic rings. The van der Waals surface area contributed by atoms with E-state index in [1.165, 1.54) is 0 Å². The van der Waals surface area contributed by atoms with Crippen LogP contribution in [0.3, 0.4) is 0 Å². The zero-order valence-corrected chi connectivity index (χ0v) is 17.9. The fourth-order valence-corrected chi connectivity index (χ4v) is 3.75. The summed E-state index contributed by atoms with van der Waals surface area (Å²) < 4.78 is 16.4. The summed E-state index contributed by atoms with van der Waals surface area (Å²) in [6.45, 7) is 4.74. The van der Waals surface area contributed by atoms with Crippen LogP contribution in [0.1, 0.15) is 23.6 Å². The van der Waals surface area contributed by atoms with Gasteiger partial charge in [-0.1, -0.05) is 29.8 Å². The largest absolute Gasteiger partial charge is 0.494 e. The minimum Gasteiger partial charge on any atom is -0.494 e. The first kappa shape index (κ1) is 19.9. The van der Waals surface area contributed by atoms with Gasteiger partial charge >= 0.3 is 0 Å². The first-order chi connectivity index (χ1) is 15.6. The van der Waals surface area contributed by atoms with Crippen LogP contribution in [-0.4, -0.2) is 25.1 Å². The third kappa shape index (κ3) is 3.71. The van der Waals surface area contributed by atoms with Crippen LogP contribution in [0.4, 0.5) is 5.69 Å². The Hall–Kier alpha value is -4.06. The number of rotatable bonds is 5. The molecule has 0 N–H and O–H groups in total. The van der Waals surface area contributed by atoms with Gasteiger partial charge in [0.05, 0.1) is 12.3 Å². The molecule has 0 saturated carbocycles. The molecule has 0 aliphatic carbocycles. The molecule has 2 heterocycles. The van der Waals surface area contributed by atoms with E-state index in [-0.39, 0.29) is 12.7 Å². The smallest absolute Gasteiger partial charge is 0.282 e. The quantitative estimate of drug-likeness (QED) is 0.541. The van der Waals surface area contributed by atoms with Crippen LogP contribution in [0, 0.1) is 6.92 Å². The SMILES string of the molecule is CCOc1ccc(N2C(=O)/C(=C\c3ccc4c(c3)OCO4)N=C2c2cccc(C)c2)cc1. The number of fused-ring (bicyclic) bond motifs is 1. The topological polar surface area (TPSA) is 60.4 Å². The Kier molecular flexibility index (Phi) is 5.11. The van der Waals surface area contributed by atoms with Crippen LogP contribution in [0.5, 0.6) is 17.2 Å². The standard InChI is InChI=1S/C26H22N2O4/c1-3-30-21-10-8-20(9-11-21)28-25(19-6-4-5-17(2)13-19)27-22(26(28)29)14-18-7-12-23-24(15-18)32-16-31-23/h4-15H,3,16H2,1-2H3/b22-14+. The summed E-state index contributed by atoms with van der Waals surface area (Å²) in [5.41, 5.74) is 3.87. The number of anilines is 1. The molecule has 2 aliphatic rings. The molecule has 0 aromatic heterocycles. The number of carbonyl (C=O) groups is 1. The zero-order chi connectivity index (χ0) is 22.1. The Morgan fingerprint density at radius 3 is 2.62 bits per heavy atom. The van der Waals surface area contributed by atoms with Gasteiger partial charge in [-0.2, -0.15) is 0 Å². The van der Waals surface area contributed by atoms with E-state index in [9.17, 15) is 4.79 Å². The van der Waals surface area contributed by atoms with Crippen molar-refractivity contribution in [3.8, 4) is 17.2 Å². The lowest BCUT2D eigenvalue weighted by molar-refractivity contribution is -0.113. The van der Waals surface area contributed by atoms with Gasteiger partial charge in [0.1, 0.15) is 17.3 Å². The fourth-order valence-electron chi connectivity index (χ4n) is 3.75. The van der Waals surface area contributed by atoms with Gasteiger partial charge in [0.15, 0.2) is 11.5 Å². The minimum atomic E-state index is -0.191. The maximum Gasteiger partial charge on any atom is 0.282 e. The molecule has 0 saturated heterocycles. The van der Waals surface area contributed by atoms with E-state index >= 15 is 0 Å². The molecule has 160 valence electrons. The van der Waals surface area contributed by atoms with Gasteiger partial charge in [-0.15, -0.1) is 0 Å². The van der Waals surface area contributed by atoms with Gasteiger partial charge < -0.3 is 14.2 Å². The molecule has 0 fully saturated rings. The van der Waals surface area contributed by atoms with Crippen LogP contribution in [-0.2, 0) is 4.79 Å². The first-order valence-electron chi connectivity index (χ1n) is 10.5. The number of hydrogen-bond donors (Lipinski definition) is 0. The summed E-state index contributed by atoms with van der Waals surface area (Å²) in [6, 6.07) is 21.0. The second kappa shape index (κ2) is 8.23. The molecule has 1 amide bonds. The van der Waals surface area contributed by atoms with Crippen molar-refractivity contribution >= 4 is 23.5 Å². The number of ether oxygens (including phenoxy) is 3. The van der Waals surface area contributed by atoms with Crippen molar-refractivity contribution in [2.24, 2.45) is 4.99 Å². The van der Waals surface area contributed by atoms with Gasteiger partial charge in [-0.3, -0.25) is 9.69 Å². The zero-order valence-electron chi connectivity index (χ0n) is 17.9. The van der Waals surface area contributed by atoms with Gasteiger partial charge in [-0.25, -0.2) is 4.99 Å². The average Bonchev–Trinajstić information content (AvgIpc) is 3.39. The lowest BCUT2D eigenvalue weighted by Crippen LogP contribution is -2.32. The Labute approximate surface area is 186 Å². The molecule has 0 unspecified atom stereocenters. The Bertz CT molecular complexity index is 1240. The number of hydrogen-bond acceptors (Lipinski definition) is 5. The van der Waals surface area contributed by atoms with E-state index in [4.69, 9.17) is 19.2 Å². The van der Waals surface area contributed by atoms with Crippen LogP contribution >= 0.6 is 0 Å². The maximum absolute atomic E-state index is 13.5. The molecule has 0 atom stereocenters. The summed E-state index contributed by atoms with van der Waals surface area (Å²) in [7, 11) is 0. The van der Waals surface area contributed by atoms with Crippen molar-refractivity contribution in [3.05, 3.63) is 89.1 Å². The molecule has 6 heteroatoms. The van der Waals surface area contributed by atoms with E-state index in [0.717, 1.165) is 28.1 Å². The average molecular weight is 426 g/mol. The van der Waals surface area contributed by atoms with Crippen LogP contribution in [0.25, 0.3) is 6.08 Å². The van der Waals surface area contributed by atoms with Crippen molar-refractivity contribution in [1.29, 1.82) is 0 Å². The molecule has 6 nitrogen and oxygen atoms in total. The Morgan fingerprint density at radius 2 is 1.84 bits per heavy atom. The minimum absolute atomic E-state index is 0.191. The molecular weight excluding hydrogens is 404 g/mol. The third-order valence-electron chi connectivity index (χ3n) is 5.24. The lowest BCUT2D eigenvalue weighted by Gasteiger charge is -2.19. The van der Waals surface area contributed by atoms with Crippen LogP contribution < -0.4 is 19.1 Å². The fraction of sp³-hybridized carbons (Fsp3) is 0.154. The molecule has 0 spiro atoms. The molecular formula is C26H22N2O4. The normalized spacial score (nSPS) is 15.9. The summed E-state index contributed by atoms with van der Waals surface area (Å²) in [5, 5.41) is 0. The van der Waals surface area contributed by atoms with Gasteiger partial charge in [0.25, 0.3) is 5.91 Å². The van der Waals surface area contributed by atoms with Gasteiger partial charge in [0.2, 0.25) is 6.79 Å². The van der Waals surface area contributed by atoms with Gasteiger partial charge in [-0.05, 0) is 68.0 Å². The Balaban J connectivity index is 1.56. The second-order valence-corrected chi connectivity index (χ2v) is 7.51. The van der Waals surface area contributed by atoms with Crippen molar-refractivity contribution in [3.63, 3.8) is 0 Å². The number of amidine groups is 1. The highest BCUT2D eigenvalue weighted by Gasteiger charge is 2.32. The third-order valence-corrected chi connectivity index (χ3v) is 5.24. The van der Waals surface area contributed by atoms with Crippen molar-refractivity contribution < 1.29 is 19.0 Å². The number of carbonyl (C=O) groups excluding carboxylic acids is 1. The number of aliphatic imine (C=N–C) groups is 1. The molecule has 5 rings (SSSR count). The highest BCUT2D eigenvalue weighted by molar-refractivity contribution is 6.33. The van der Waals surface area contributed by atoms with E-state index < -0.39 is 0 Å². The molecule has 0 bridgehead atoms. The number of benzene rings is 3. The number of nitrogens with zero attached hydrogens (tertiary/aromatic N) is 2. The molecule has 32 heavy (non-hydrogen) atoms. The maximum atomic E-state index is 13.5. The number of aryl methyl sites for hydroxylation is 1. The molecule has 2 aliphatic heterocycles. The monoisotopic (exact) mass is 426 g/mol. The van der Waals surface area contributed by atoms with Crippen molar-refractivity contribution in [2.45, 2.75) is 13.8 Å². The lowest BCUT2D eigenvalue weighted by atomic mass is 10.1. The van der Waals surface area contributed by atoms with E-state index in [1.54, 1.807) is 11.0 Å². The van der Waals surface area contributed by atoms with E-state index in [1.807, 2.05) is 80.6 Å². The highest BCUT2D eigenvalue weighted by atomic mass is 16.7. The highest BCUT2D eigenvalue weighted by Crippen LogP contribution is 2.34. The Morgan fingerprint density at radius 1 is 1.03 bits per heavy atom. The second-order valence-electron chi connectivity index (χ2n) is 7.51. The number of amides is 1. The molecule has 3 aromatic carbocycles. The predicted molar refractivity (Wildman–Crippen MR) is 123 cm³/mol. The first-order valence-corrected chi connectivity index (χ1v) is 10.5. The predicted octanol–water partition coefficient (Wildman–Crippen LogP) is 4.96.